The highest BCUT2D eigenvalue weighted by atomic mass is 16.6. The van der Waals surface area contributed by atoms with Crippen molar-refractivity contribution in [3.05, 3.63) is 35.9 Å². The Labute approximate surface area is 101 Å². The van der Waals surface area contributed by atoms with Gasteiger partial charge in [0.25, 0.3) is 0 Å². The Morgan fingerprint density at radius 3 is 2.88 bits per heavy atom. The molecule has 1 aromatic carbocycles. The van der Waals surface area contributed by atoms with E-state index in [1.807, 2.05) is 6.07 Å². The summed E-state index contributed by atoms with van der Waals surface area (Å²) in [5.74, 6) is 0. The second-order valence-electron chi connectivity index (χ2n) is 4.87. The number of rotatable bonds is 2. The van der Waals surface area contributed by atoms with Gasteiger partial charge in [-0.15, -0.1) is 0 Å². The van der Waals surface area contributed by atoms with Gasteiger partial charge in [-0.1, -0.05) is 30.3 Å². The SMILES string of the molecule is O=C1NC[C@@]2(CCN(Cc3ccccc3)C2)O1. The lowest BCUT2D eigenvalue weighted by atomic mass is 10.0. The summed E-state index contributed by atoms with van der Waals surface area (Å²) >= 11 is 0. The number of carbonyl (C=O) groups excluding carboxylic acids is 1. The molecule has 3 rings (SSSR count). The second-order valence-corrected chi connectivity index (χ2v) is 4.87. The highest BCUT2D eigenvalue weighted by Gasteiger charge is 2.45. The Morgan fingerprint density at radius 2 is 2.18 bits per heavy atom. The molecule has 17 heavy (non-hydrogen) atoms. The summed E-state index contributed by atoms with van der Waals surface area (Å²) in [6.45, 7) is 3.40. The zero-order valence-electron chi connectivity index (χ0n) is 9.69. The van der Waals surface area contributed by atoms with Gasteiger partial charge in [-0.2, -0.15) is 0 Å². The Bertz CT molecular complexity index is 421. The number of alkyl carbamates (subject to hydrolysis) is 1. The number of ether oxygens (including phenoxy) is 1. The van der Waals surface area contributed by atoms with E-state index in [0.29, 0.717) is 6.54 Å². The molecule has 0 bridgehead atoms. The summed E-state index contributed by atoms with van der Waals surface area (Å²) < 4.78 is 5.39. The fourth-order valence-electron chi connectivity index (χ4n) is 2.63. The van der Waals surface area contributed by atoms with Crippen molar-refractivity contribution in [3.8, 4) is 0 Å². The maximum atomic E-state index is 11.1. The standard InChI is InChI=1S/C13H16N2O2/c16-12-14-9-13(17-12)6-7-15(10-13)8-11-4-2-1-3-5-11/h1-5H,6-10H2,(H,14,16)/t13-/m1/s1. The number of benzene rings is 1. The van der Waals surface area contributed by atoms with Gasteiger partial charge >= 0.3 is 6.09 Å². The lowest BCUT2D eigenvalue weighted by Crippen LogP contribution is -2.36. The molecule has 0 unspecified atom stereocenters. The van der Waals surface area contributed by atoms with Crippen LogP contribution in [0.25, 0.3) is 0 Å². The predicted octanol–water partition coefficient (Wildman–Crippen LogP) is 1.37. The van der Waals surface area contributed by atoms with E-state index < -0.39 is 0 Å². The van der Waals surface area contributed by atoms with E-state index in [0.717, 1.165) is 26.1 Å². The molecule has 1 N–H and O–H groups in total. The summed E-state index contributed by atoms with van der Waals surface area (Å²) in [6.07, 6.45) is 0.657. The number of amides is 1. The molecular formula is C13H16N2O2. The Hall–Kier alpha value is -1.55. The number of likely N-dealkylation sites (tertiary alicyclic amines) is 1. The minimum Gasteiger partial charge on any atom is -0.440 e. The number of hydrogen-bond donors (Lipinski definition) is 1. The van der Waals surface area contributed by atoms with Crippen LogP contribution in [0.4, 0.5) is 4.79 Å². The van der Waals surface area contributed by atoms with Gasteiger partial charge in [0.2, 0.25) is 0 Å². The zero-order chi connectivity index (χ0) is 11.7. The van der Waals surface area contributed by atoms with Gasteiger partial charge in [0, 0.05) is 26.1 Å². The Morgan fingerprint density at radius 1 is 1.35 bits per heavy atom. The van der Waals surface area contributed by atoms with Crippen molar-refractivity contribution in [2.75, 3.05) is 19.6 Å². The molecule has 0 saturated carbocycles. The van der Waals surface area contributed by atoms with Gasteiger partial charge in [-0.25, -0.2) is 4.79 Å². The highest BCUT2D eigenvalue weighted by molar-refractivity contribution is 5.70. The van der Waals surface area contributed by atoms with E-state index in [1.54, 1.807) is 0 Å². The number of nitrogens with one attached hydrogen (secondary N) is 1. The molecule has 2 saturated heterocycles. The smallest absolute Gasteiger partial charge is 0.407 e. The number of hydrogen-bond acceptors (Lipinski definition) is 3. The van der Waals surface area contributed by atoms with E-state index in [-0.39, 0.29) is 11.7 Å². The van der Waals surface area contributed by atoms with E-state index in [9.17, 15) is 4.79 Å². The van der Waals surface area contributed by atoms with Crippen LogP contribution >= 0.6 is 0 Å². The molecule has 4 heteroatoms. The molecule has 4 nitrogen and oxygen atoms in total. The molecule has 90 valence electrons. The maximum absolute atomic E-state index is 11.1. The van der Waals surface area contributed by atoms with Gasteiger partial charge in [0.15, 0.2) is 0 Å². The third-order valence-electron chi connectivity index (χ3n) is 3.51. The molecule has 0 aromatic heterocycles. The normalized spacial score (nSPS) is 28.4. The minimum atomic E-state index is -0.272. The van der Waals surface area contributed by atoms with Crippen molar-refractivity contribution in [2.24, 2.45) is 0 Å². The lowest BCUT2D eigenvalue weighted by molar-refractivity contribution is 0.0629. The molecule has 2 fully saturated rings. The van der Waals surface area contributed by atoms with E-state index in [2.05, 4.69) is 34.5 Å². The fourth-order valence-corrected chi connectivity index (χ4v) is 2.63. The van der Waals surface area contributed by atoms with E-state index in [1.165, 1.54) is 5.56 Å². The van der Waals surface area contributed by atoms with Crippen LogP contribution in [0, 0.1) is 0 Å². The molecule has 0 radical (unpaired) electrons. The molecule has 1 spiro atoms. The largest absolute Gasteiger partial charge is 0.440 e. The summed E-state index contributed by atoms with van der Waals surface area (Å²) in [7, 11) is 0. The van der Waals surface area contributed by atoms with Crippen molar-refractivity contribution in [1.82, 2.24) is 10.2 Å². The molecule has 2 heterocycles. The van der Waals surface area contributed by atoms with E-state index >= 15 is 0 Å². The van der Waals surface area contributed by atoms with Gasteiger partial charge in [-0.3, -0.25) is 4.90 Å². The molecular weight excluding hydrogens is 216 g/mol. The van der Waals surface area contributed by atoms with Crippen LogP contribution in [-0.2, 0) is 11.3 Å². The Balaban J connectivity index is 1.63. The fraction of sp³-hybridized carbons (Fsp3) is 0.462. The average molecular weight is 232 g/mol. The van der Waals surface area contributed by atoms with Gasteiger partial charge in [0.05, 0.1) is 6.54 Å². The first-order valence-corrected chi connectivity index (χ1v) is 5.99. The molecule has 2 aliphatic heterocycles. The summed E-state index contributed by atoms with van der Waals surface area (Å²) in [5.41, 5.74) is 1.04. The van der Waals surface area contributed by atoms with Crippen molar-refractivity contribution in [2.45, 2.75) is 18.6 Å². The van der Waals surface area contributed by atoms with Crippen LogP contribution in [0.2, 0.25) is 0 Å². The predicted molar refractivity (Wildman–Crippen MR) is 63.6 cm³/mol. The van der Waals surface area contributed by atoms with Gasteiger partial charge < -0.3 is 10.1 Å². The molecule has 0 aliphatic carbocycles. The number of nitrogens with zero attached hydrogens (tertiary/aromatic N) is 1. The average Bonchev–Trinajstić information content (AvgIpc) is 2.88. The van der Waals surface area contributed by atoms with Crippen molar-refractivity contribution < 1.29 is 9.53 Å². The third kappa shape index (κ3) is 2.13. The zero-order valence-corrected chi connectivity index (χ0v) is 9.69. The minimum absolute atomic E-state index is 0.272. The molecule has 1 atom stereocenters. The topological polar surface area (TPSA) is 41.6 Å². The van der Waals surface area contributed by atoms with Gasteiger partial charge in [-0.05, 0) is 5.56 Å². The second kappa shape index (κ2) is 4.04. The number of carbonyl (C=O) groups is 1. The van der Waals surface area contributed by atoms with Crippen LogP contribution in [0.5, 0.6) is 0 Å². The van der Waals surface area contributed by atoms with Crippen LogP contribution in [-0.4, -0.2) is 36.2 Å². The van der Waals surface area contributed by atoms with E-state index in [4.69, 9.17) is 4.74 Å². The summed E-state index contributed by atoms with van der Waals surface area (Å²) in [5, 5.41) is 2.75. The molecule has 1 amide bonds. The van der Waals surface area contributed by atoms with Crippen LogP contribution < -0.4 is 5.32 Å². The van der Waals surface area contributed by atoms with Crippen molar-refractivity contribution >= 4 is 6.09 Å². The van der Waals surface area contributed by atoms with Crippen LogP contribution in [0.3, 0.4) is 0 Å². The first kappa shape index (κ1) is 10.6. The summed E-state index contributed by atoms with van der Waals surface area (Å²) in [6, 6.07) is 10.4. The molecule has 1 aromatic rings. The lowest BCUT2D eigenvalue weighted by Gasteiger charge is -2.21. The van der Waals surface area contributed by atoms with Gasteiger partial charge in [0.1, 0.15) is 5.60 Å². The summed E-state index contributed by atoms with van der Waals surface area (Å²) in [4.78, 5) is 13.5. The molecule has 2 aliphatic rings. The van der Waals surface area contributed by atoms with Crippen molar-refractivity contribution in [3.63, 3.8) is 0 Å². The maximum Gasteiger partial charge on any atom is 0.407 e. The quantitative estimate of drug-likeness (QED) is 0.837. The van der Waals surface area contributed by atoms with Crippen LogP contribution in [0.1, 0.15) is 12.0 Å². The third-order valence-corrected chi connectivity index (χ3v) is 3.51. The van der Waals surface area contributed by atoms with Crippen LogP contribution in [0.15, 0.2) is 30.3 Å². The first-order valence-electron chi connectivity index (χ1n) is 5.99. The Kier molecular flexibility index (Phi) is 2.52. The highest BCUT2D eigenvalue weighted by Crippen LogP contribution is 2.29. The van der Waals surface area contributed by atoms with Crippen molar-refractivity contribution in [1.29, 1.82) is 0 Å². The monoisotopic (exact) mass is 232 g/mol. The first-order chi connectivity index (χ1) is 8.26.